The summed E-state index contributed by atoms with van der Waals surface area (Å²) in [4.78, 5) is 38.7. The summed E-state index contributed by atoms with van der Waals surface area (Å²) in [6.07, 6.45) is 1.55. The van der Waals surface area contributed by atoms with Gasteiger partial charge in [0.25, 0.3) is 11.1 Å². The van der Waals surface area contributed by atoms with Crippen molar-refractivity contribution in [3.8, 4) is 5.75 Å². The van der Waals surface area contributed by atoms with E-state index in [1.165, 1.54) is 0 Å². The summed E-state index contributed by atoms with van der Waals surface area (Å²) in [5, 5.41) is 2.76. The molecular weight excluding hydrogens is 655 g/mol. The lowest BCUT2D eigenvalue weighted by Gasteiger charge is -2.13. The minimum Gasteiger partial charge on any atom is -0.486 e. The maximum absolute atomic E-state index is 12.8. The lowest BCUT2D eigenvalue weighted by molar-refractivity contribution is -0.127. The van der Waals surface area contributed by atoms with Crippen LogP contribution in [0.25, 0.3) is 6.08 Å². The molecule has 1 saturated heterocycles. The molecule has 1 N–H and O–H groups in total. The molecule has 6 nitrogen and oxygen atoms in total. The first-order chi connectivity index (χ1) is 17.2. The Morgan fingerprint density at radius 2 is 1.75 bits per heavy atom. The second kappa shape index (κ2) is 11.8. The molecule has 0 radical (unpaired) electrons. The molecule has 0 aliphatic carbocycles. The van der Waals surface area contributed by atoms with Gasteiger partial charge in [-0.05, 0) is 81.3 Å². The number of anilines is 1. The van der Waals surface area contributed by atoms with Crippen molar-refractivity contribution in [1.82, 2.24) is 4.90 Å². The third-order valence-corrected chi connectivity index (χ3v) is 7.57. The lowest BCUT2D eigenvalue weighted by atomic mass is 10.2. The van der Waals surface area contributed by atoms with Gasteiger partial charge in [0, 0.05) is 4.47 Å². The largest absolute Gasteiger partial charge is 0.486 e. The predicted octanol–water partition coefficient (Wildman–Crippen LogP) is 7.77. The average Bonchev–Trinajstić information content (AvgIpc) is 3.08. The van der Waals surface area contributed by atoms with E-state index in [2.05, 4.69) is 37.2 Å². The standard InChI is InChI=1S/C25H16Br2Cl2N2O4S/c26-16-7-5-14(6-8-16)13-35-23-17(27)9-15(10-19(23)29)11-21-24(33)31(25(34)36-21)12-22(32)30-20-4-2-1-3-18(20)28/h1-11H,12-13H2,(H,30,32)/b21-11+. The summed E-state index contributed by atoms with van der Waals surface area (Å²) in [7, 11) is 0. The van der Waals surface area contributed by atoms with Crippen LogP contribution in [0, 0.1) is 0 Å². The number of nitrogens with one attached hydrogen (secondary N) is 1. The van der Waals surface area contributed by atoms with Gasteiger partial charge >= 0.3 is 0 Å². The van der Waals surface area contributed by atoms with Gasteiger partial charge in [-0.2, -0.15) is 0 Å². The smallest absolute Gasteiger partial charge is 0.294 e. The van der Waals surface area contributed by atoms with Crippen molar-refractivity contribution in [3.63, 3.8) is 0 Å². The molecule has 11 heteroatoms. The molecule has 3 aromatic carbocycles. The molecule has 0 unspecified atom stereocenters. The van der Waals surface area contributed by atoms with E-state index in [0.29, 0.717) is 38.1 Å². The SMILES string of the molecule is O=C(CN1C(=O)S/C(=C/c2cc(Cl)c(OCc3ccc(Br)cc3)c(Br)c2)C1=O)Nc1ccccc1Cl. The summed E-state index contributed by atoms with van der Waals surface area (Å²) >= 11 is 20.1. The van der Waals surface area contributed by atoms with E-state index < -0.39 is 23.6 Å². The van der Waals surface area contributed by atoms with Crippen molar-refractivity contribution in [1.29, 1.82) is 0 Å². The van der Waals surface area contributed by atoms with Crippen molar-refractivity contribution < 1.29 is 19.1 Å². The maximum atomic E-state index is 12.8. The normalized spacial score (nSPS) is 14.4. The van der Waals surface area contributed by atoms with Crippen LogP contribution in [0.4, 0.5) is 10.5 Å². The van der Waals surface area contributed by atoms with Crippen molar-refractivity contribution in [3.05, 3.63) is 95.7 Å². The summed E-state index contributed by atoms with van der Waals surface area (Å²) in [5.41, 5.74) is 1.96. The van der Waals surface area contributed by atoms with Gasteiger partial charge in [-0.25, -0.2) is 0 Å². The Kier molecular flexibility index (Phi) is 8.79. The van der Waals surface area contributed by atoms with Crippen LogP contribution >= 0.6 is 66.8 Å². The molecule has 1 aliphatic heterocycles. The molecule has 0 spiro atoms. The molecule has 184 valence electrons. The highest BCUT2D eigenvalue weighted by Gasteiger charge is 2.36. The Bertz CT molecular complexity index is 1360. The molecule has 0 aromatic heterocycles. The number of amides is 3. The zero-order chi connectivity index (χ0) is 25.8. The summed E-state index contributed by atoms with van der Waals surface area (Å²) in [6, 6.07) is 17.8. The molecule has 1 aliphatic rings. The summed E-state index contributed by atoms with van der Waals surface area (Å²) in [5.74, 6) is -0.645. The molecule has 1 heterocycles. The van der Waals surface area contributed by atoms with E-state index in [1.54, 1.807) is 42.5 Å². The van der Waals surface area contributed by atoms with Gasteiger partial charge in [0.05, 0.1) is 25.1 Å². The number of nitrogens with zero attached hydrogens (tertiary/aromatic N) is 1. The van der Waals surface area contributed by atoms with Crippen LogP contribution in [-0.4, -0.2) is 28.5 Å². The molecule has 0 atom stereocenters. The van der Waals surface area contributed by atoms with Crippen molar-refractivity contribution in [2.24, 2.45) is 0 Å². The number of halogens is 4. The van der Waals surface area contributed by atoms with Gasteiger partial charge < -0.3 is 10.1 Å². The van der Waals surface area contributed by atoms with E-state index in [-0.39, 0.29) is 4.91 Å². The first-order valence-corrected chi connectivity index (χ1v) is 13.5. The number of rotatable bonds is 7. The molecule has 3 amide bonds. The Balaban J connectivity index is 1.44. The van der Waals surface area contributed by atoms with Crippen molar-refractivity contribution >= 4 is 95.6 Å². The Hall–Kier alpha value is -2.30. The number of benzene rings is 3. The number of ether oxygens (including phenoxy) is 1. The number of carbonyl (C=O) groups excluding carboxylic acids is 3. The lowest BCUT2D eigenvalue weighted by Crippen LogP contribution is -2.36. The van der Waals surface area contributed by atoms with Crippen LogP contribution in [0.3, 0.4) is 0 Å². The van der Waals surface area contributed by atoms with Gasteiger partial charge in [-0.1, -0.05) is 63.4 Å². The Morgan fingerprint density at radius 3 is 2.44 bits per heavy atom. The van der Waals surface area contributed by atoms with Crippen LogP contribution < -0.4 is 10.1 Å². The minimum absolute atomic E-state index is 0.178. The van der Waals surface area contributed by atoms with Crippen LogP contribution in [0.2, 0.25) is 10.0 Å². The third-order valence-electron chi connectivity index (χ3n) is 4.94. The number of imide groups is 1. The van der Waals surface area contributed by atoms with E-state index in [1.807, 2.05) is 24.3 Å². The quantitative estimate of drug-likeness (QED) is 0.260. The van der Waals surface area contributed by atoms with Crippen molar-refractivity contribution in [2.45, 2.75) is 6.61 Å². The number of hydrogen-bond donors (Lipinski definition) is 1. The second-order valence-electron chi connectivity index (χ2n) is 7.52. The van der Waals surface area contributed by atoms with Gasteiger partial charge in [0.15, 0.2) is 5.75 Å². The zero-order valence-corrected chi connectivity index (χ0v) is 23.8. The van der Waals surface area contributed by atoms with Crippen molar-refractivity contribution in [2.75, 3.05) is 11.9 Å². The monoisotopic (exact) mass is 668 g/mol. The number of hydrogen-bond acceptors (Lipinski definition) is 5. The number of thioether (sulfide) groups is 1. The van der Waals surface area contributed by atoms with Gasteiger partial charge in [-0.15, -0.1) is 0 Å². The zero-order valence-electron chi connectivity index (χ0n) is 18.3. The maximum Gasteiger partial charge on any atom is 0.294 e. The fourth-order valence-corrected chi connectivity index (χ4v) is 5.49. The Labute approximate surface area is 238 Å². The number of carbonyl (C=O) groups is 3. The molecule has 1 fully saturated rings. The van der Waals surface area contributed by atoms with E-state index in [4.69, 9.17) is 27.9 Å². The second-order valence-corrected chi connectivity index (χ2v) is 11.1. The summed E-state index contributed by atoms with van der Waals surface area (Å²) in [6.45, 7) is -0.111. The van der Waals surface area contributed by atoms with E-state index >= 15 is 0 Å². The topological polar surface area (TPSA) is 75.7 Å². The van der Waals surface area contributed by atoms with E-state index in [0.717, 1.165) is 26.7 Å². The highest BCUT2D eigenvalue weighted by Crippen LogP contribution is 2.38. The average molecular weight is 671 g/mol. The molecule has 36 heavy (non-hydrogen) atoms. The van der Waals surface area contributed by atoms with Gasteiger partial charge in [0.1, 0.15) is 13.2 Å². The van der Waals surface area contributed by atoms with Gasteiger partial charge in [0.2, 0.25) is 5.91 Å². The summed E-state index contributed by atoms with van der Waals surface area (Å²) < 4.78 is 7.44. The Morgan fingerprint density at radius 1 is 1.03 bits per heavy atom. The minimum atomic E-state index is -0.567. The van der Waals surface area contributed by atoms with E-state index in [9.17, 15) is 14.4 Å². The third kappa shape index (κ3) is 6.52. The molecular formula is C25H16Br2Cl2N2O4S. The fraction of sp³-hybridized carbons (Fsp3) is 0.0800. The number of para-hydroxylation sites is 1. The molecule has 3 aromatic rings. The predicted molar refractivity (Wildman–Crippen MR) is 150 cm³/mol. The first-order valence-electron chi connectivity index (χ1n) is 10.4. The highest BCUT2D eigenvalue weighted by atomic mass is 79.9. The fourth-order valence-electron chi connectivity index (χ4n) is 3.22. The first kappa shape index (κ1) is 26.8. The van der Waals surface area contributed by atoms with Gasteiger partial charge in [-0.3, -0.25) is 19.3 Å². The molecule has 0 saturated carbocycles. The molecule has 4 rings (SSSR count). The van der Waals surface area contributed by atoms with Crippen LogP contribution in [-0.2, 0) is 16.2 Å². The van der Waals surface area contributed by atoms with Crippen LogP contribution in [0.5, 0.6) is 5.75 Å². The van der Waals surface area contributed by atoms with Crippen LogP contribution in [0.15, 0.2) is 74.5 Å². The van der Waals surface area contributed by atoms with Crippen LogP contribution in [0.1, 0.15) is 11.1 Å². The molecule has 0 bridgehead atoms. The highest BCUT2D eigenvalue weighted by molar-refractivity contribution is 9.10.